The first-order chi connectivity index (χ1) is 12.0. The standard InChI is InChI=1S/C19H16O6/c1-11(2)23-13-9-6-10-14-15(13)17(16(20)19(22)24-14)25-18(21)12-7-4-3-5-8-12/h3-11,20H,1-2H3. The lowest BCUT2D eigenvalue weighted by atomic mass is 10.2. The van der Waals surface area contributed by atoms with Gasteiger partial charge in [0.25, 0.3) is 0 Å². The maximum atomic E-state index is 12.3. The molecule has 6 heteroatoms. The molecule has 0 radical (unpaired) electrons. The predicted molar refractivity (Wildman–Crippen MR) is 91.3 cm³/mol. The number of hydrogen-bond acceptors (Lipinski definition) is 6. The number of ether oxygens (including phenoxy) is 2. The zero-order valence-electron chi connectivity index (χ0n) is 13.7. The fourth-order valence-corrected chi connectivity index (χ4v) is 2.36. The highest BCUT2D eigenvalue weighted by atomic mass is 16.5. The van der Waals surface area contributed by atoms with Crippen molar-refractivity contribution in [3.8, 4) is 17.2 Å². The van der Waals surface area contributed by atoms with Gasteiger partial charge >= 0.3 is 11.6 Å². The largest absolute Gasteiger partial charge is 0.499 e. The third kappa shape index (κ3) is 3.33. The first-order valence-corrected chi connectivity index (χ1v) is 7.70. The number of fused-ring (bicyclic) bond motifs is 1. The van der Waals surface area contributed by atoms with Crippen LogP contribution >= 0.6 is 0 Å². The van der Waals surface area contributed by atoms with Crippen molar-refractivity contribution in [3.05, 3.63) is 64.5 Å². The minimum atomic E-state index is -0.995. The Morgan fingerprint density at radius 1 is 1.08 bits per heavy atom. The van der Waals surface area contributed by atoms with Crippen molar-refractivity contribution in [1.82, 2.24) is 0 Å². The van der Waals surface area contributed by atoms with Crippen molar-refractivity contribution in [2.24, 2.45) is 0 Å². The highest BCUT2D eigenvalue weighted by molar-refractivity contribution is 5.97. The summed E-state index contributed by atoms with van der Waals surface area (Å²) in [5.41, 5.74) is -0.563. The summed E-state index contributed by atoms with van der Waals surface area (Å²) in [5.74, 6) is -1.43. The molecule has 0 aliphatic rings. The predicted octanol–water partition coefficient (Wildman–Crippen LogP) is 3.51. The lowest BCUT2D eigenvalue weighted by Crippen LogP contribution is -2.12. The zero-order valence-corrected chi connectivity index (χ0v) is 13.7. The molecule has 1 aromatic heterocycles. The quantitative estimate of drug-likeness (QED) is 0.578. The molecular formula is C19H16O6. The van der Waals surface area contributed by atoms with Gasteiger partial charge in [0, 0.05) is 0 Å². The fraction of sp³-hybridized carbons (Fsp3) is 0.158. The van der Waals surface area contributed by atoms with Gasteiger partial charge in [0.2, 0.25) is 5.75 Å². The lowest BCUT2D eigenvalue weighted by molar-refractivity contribution is 0.0731. The Bertz CT molecular complexity index is 972. The molecule has 6 nitrogen and oxygen atoms in total. The molecule has 0 amide bonds. The molecular weight excluding hydrogens is 324 g/mol. The van der Waals surface area contributed by atoms with Gasteiger partial charge in [0.05, 0.1) is 11.7 Å². The van der Waals surface area contributed by atoms with E-state index in [9.17, 15) is 14.7 Å². The van der Waals surface area contributed by atoms with E-state index in [0.717, 1.165) is 0 Å². The molecule has 1 heterocycles. The third-order valence-corrected chi connectivity index (χ3v) is 3.39. The summed E-state index contributed by atoms with van der Waals surface area (Å²) in [6.07, 6.45) is -0.169. The number of aromatic hydroxyl groups is 1. The molecule has 3 aromatic rings. The Hall–Kier alpha value is -3.28. The van der Waals surface area contributed by atoms with Gasteiger partial charge in [-0.3, -0.25) is 0 Å². The molecule has 0 atom stereocenters. The molecule has 0 aliphatic heterocycles. The Balaban J connectivity index is 2.17. The van der Waals surface area contributed by atoms with Crippen LogP contribution in [0, 0.1) is 0 Å². The number of rotatable bonds is 4. The van der Waals surface area contributed by atoms with Crippen molar-refractivity contribution in [2.75, 3.05) is 0 Å². The van der Waals surface area contributed by atoms with Crippen LogP contribution in [0.1, 0.15) is 24.2 Å². The fourth-order valence-electron chi connectivity index (χ4n) is 2.36. The van der Waals surface area contributed by atoms with Crippen LogP contribution in [-0.2, 0) is 0 Å². The van der Waals surface area contributed by atoms with Crippen molar-refractivity contribution in [1.29, 1.82) is 0 Å². The summed E-state index contributed by atoms with van der Waals surface area (Å²) >= 11 is 0. The third-order valence-electron chi connectivity index (χ3n) is 3.39. The Morgan fingerprint density at radius 2 is 1.80 bits per heavy atom. The molecule has 1 N–H and O–H groups in total. The molecule has 0 bridgehead atoms. The van der Waals surface area contributed by atoms with Crippen LogP contribution in [0.3, 0.4) is 0 Å². The highest BCUT2D eigenvalue weighted by Gasteiger charge is 2.22. The number of esters is 1. The molecule has 0 saturated carbocycles. The van der Waals surface area contributed by atoms with E-state index in [2.05, 4.69) is 0 Å². The van der Waals surface area contributed by atoms with Gasteiger partial charge in [-0.2, -0.15) is 0 Å². The van der Waals surface area contributed by atoms with E-state index in [4.69, 9.17) is 13.9 Å². The van der Waals surface area contributed by atoms with Gasteiger partial charge in [0.1, 0.15) is 16.7 Å². The van der Waals surface area contributed by atoms with E-state index in [1.807, 2.05) is 13.8 Å². The number of carbonyl (C=O) groups excluding carboxylic acids is 1. The summed E-state index contributed by atoms with van der Waals surface area (Å²) in [6.45, 7) is 3.65. The van der Waals surface area contributed by atoms with E-state index >= 15 is 0 Å². The van der Waals surface area contributed by atoms with Crippen molar-refractivity contribution < 1.29 is 23.8 Å². The van der Waals surface area contributed by atoms with E-state index in [-0.39, 0.29) is 28.4 Å². The second-order valence-electron chi connectivity index (χ2n) is 5.62. The van der Waals surface area contributed by atoms with E-state index in [0.29, 0.717) is 5.75 Å². The molecule has 0 aliphatic carbocycles. The maximum Gasteiger partial charge on any atom is 0.382 e. The first kappa shape index (κ1) is 16.6. The monoisotopic (exact) mass is 340 g/mol. The molecule has 0 spiro atoms. The van der Waals surface area contributed by atoms with E-state index < -0.39 is 17.3 Å². The van der Waals surface area contributed by atoms with Gasteiger partial charge in [-0.1, -0.05) is 24.3 Å². The zero-order chi connectivity index (χ0) is 18.0. The van der Waals surface area contributed by atoms with Crippen molar-refractivity contribution in [3.63, 3.8) is 0 Å². The highest BCUT2D eigenvalue weighted by Crippen LogP contribution is 2.39. The Kier molecular flexibility index (Phi) is 4.43. The van der Waals surface area contributed by atoms with Gasteiger partial charge in [-0.15, -0.1) is 0 Å². The summed E-state index contributed by atoms with van der Waals surface area (Å²) < 4.78 is 16.1. The van der Waals surface area contributed by atoms with Gasteiger partial charge in [0.15, 0.2) is 5.75 Å². The topological polar surface area (TPSA) is 86.0 Å². The van der Waals surface area contributed by atoms with Crippen LogP contribution in [0.25, 0.3) is 11.0 Å². The maximum absolute atomic E-state index is 12.3. The normalized spacial score (nSPS) is 10.8. The molecule has 0 saturated heterocycles. The molecule has 25 heavy (non-hydrogen) atoms. The average molecular weight is 340 g/mol. The SMILES string of the molecule is CC(C)Oc1cccc2oc(=O)c(O)c(OC(=O)c3ccccc3)c12. The number of carbonyl (C=O) groups is 1. The first-order valence-electron chi connectivity index (χ1n) is 7.70. The van der Waals surface area contributed by atoms with Crippen molar-refractivity contribution >= 4 is 16.9 Å². The van der Waals surface area contributed by atoms with Crippen LogP contribution in [0.5, 0.6) is 17.2 Å². The van der Waals surface area contributed by atoms with Gasteiger partial charge < -0.3 is 19.0 Å². The van der Waals surface area contributed by atoms with Crippen LogP contribution < -0.4 is 15.1 Å². The second kappa shape index (κ2) is 6.68. The summed E-state index contributed by atoms with van der Waals surface area (Å²) in [5, 5.41) is 10.3. The van der Waals surface area contributed by atoms with E-state index in [1.165, 1.54) is 6.07 Å². The molecule has 0 unspecified atom stereocenters. The van der Waals surface area contributed by atoms with Gasteiger partial charge in [-0.05, 0) is 38.1 Å². The Labute approximate surface area is 143 Å². The minimum absolute atomic E-state index is 0.150. The average Bonchev–Trinajstić information content (AvgIpc) is 2.59. The number of benzene rings is 2. The van der Waals surface area contributed by atoms with Crippen LogP contribution in [0.2, 0.25) is 0 Å². The van der Waals surface area contributed by atoms with Crippen LogP contribution in [0.4, 0.5) is 0 Å². The minimum Gasteiger partial charge on any atom is -0.499 e. The number of hydrogen-bond donors (Lipinski definition) is 1. The van der Waals surface area contributed by atoms with Crippen molar-refractivity contribution in [2.45, 2.75) is 20.0 Å². The second-order valence-corrected chi connectivity index (χ2v) is 5.62. The lowest BCUT2D eigenvalue weighted by Gasteiger charge is -2.14. The molecule has 3 rings (SSSR count). The smallest absolute Gasteiger partial charge is 0.382 e. The van der Waals surface area contributed by atoms with Crippen LogP contribution in [-0.4, -0.2) is 17.2 Å². The Morgan fingerprint density at radius 3 is 2.48 bits per heavy atom. The summed E-state index contributed by atoms with van der Waals surface area (Å²) in [6, 6.07) is 13.1. The summed E-state index contributed by atoms with van der Waals surface area (Å²) in [7, 11) is 0. The summed E-state index contributed by atoms with van der Waals surface area (Å²) in [4.78, 5) is 24.2. The van der Waals surface area contributed by atoms with Crippen LogP contribution in [0.15, 0.2) is 57.7 Å². The molecule has 2 aromatic carbocycles. The van der Waals surface area contributed by atoms with Gasteiger partial charge in [-0.25, -0.2) is 9.59 Å². The molecule has 0 fully saturated rings. The van der Waals surface area contributed by atoms with E-state index in [1.54, 1.807) is 42.5 Å². The molecule has 128 valence electrons.